The minimum Gasteiger partial charge on any atom is -0.379 e. The number of nitrogens with zero attached hydrogens (tertiary/aromatic N) is 2. The Morgan fingerprint density at radius 1 is 1.40 bits per heavy atom. The average molecular weight is 305 g/mol. The van der Waals surface area contributed by atoms with Gasteiger partial charge in [0.25, 0.3) is 10.0 Å². The fourth-order valence-electron chi connectivity index (χ4n) is 1.52. The standard InChI is InChI=1S/C11H23N5O3S/c1-12-8-10-9-13-15-11(10)20(17,18)14-4-6-19-7-5-16(2)3/h9,12,14H,4-8H2,1-3H3,(H,13,15). The molecule has 1 rings (SSSR count). The number of sulfonamides is 1. The van der Waals surface area contributed by atoms with E-state index in [2.05, 4.69) is 20.2 Å². The van der Waals surface area contributed by atoms with Crippen LogP contribution in [0.3, 0.4) is 0 Å². The summed E-state index contributed by atoms with van der Waals surface area (Å²) in [5.41, 5.74) is 0.605. The van der Waals surface area contributed by atoms with Crippen molar-refractivity contribution in [3.63, 3.8) is 0 Å². The van der Waals surface area contributed by atoms with Gasteiger partial charge >= 0.3 is 0 Å². The van der Waals surface area contributed by atoms with Gasteiger partial charge in [0.2, 0.25) is 0 Å². The van der Waals surface area contributed by atoms with Crippen LogP contribution in [0.2, 0.25) is 0 Å². The van der Waals surface area contributed by atoms with E-state index >= 15 is 0 Å². The topological polar surface area (TPSA) is 99.3 Å². The largest absolute Gasteiger partial charge is 0.379 e. The highest BCUT2D eigenvalue weighted by Crippen LogP contribution is 2.10. The Kier molecular flexibility index (Phi) is 7.10. The van der Waals surface area contributed by atoms with Gasteiger partial charge in [-0.2, -0.15) is 5.10 Å². The fraction of sp³-hybridized carbons (Fsp3) is 0.727. The lowest BCUT2D eigenvalue weighted by Crippen LogP contribution is -2.29. The third kappa shape index (κ3) is 5.55. The van der Waals surface area contributed by atoms with Gasteiger partial charge in [-0.1, -0.05) is 0 Å². The van der Waals surface area contributed by atoms with Crippen molar-refractivity contribution in [2.45, 2.75) is 11.6 Å². The van der Waals surface area contributed by atoms with E-state index in [0.29, 0.717) is 25.3 Å². The van der Waals surface area contributed by atoms with Crippen molar-refractivity contribution in [1.82, 2.24) is 25.1 Å². The van der Waals surface area contributed by atoms with E-state index < -0.39 is 10.0 Å². The first-order valence-corrected chi connectivity index (χ1v) is 7.84. The van der Waals surface area contributed by atoms with E-state index in [9.17, 15) is 8.42 Å². The van der Waals surface area contributed by atoms with Crippen molar-refractivity contribution < 1.29 is 13.2 Å². The summed E-state index contributed by atoms with van der Waals surface area (Å²) >= 11 is 0. The first-order valence-electron chi connectivity index (χ1n) is 6.36. The molecule has 0 amide bonds. The summed E-state index contributed by atoms with van der Waals surface area (Å²) in [4.78, 5) is 2.00. The second-order valence-corrected chi connectivity index (χ2v) is 6.27. The van der Waals surface area contributed by atoms with Gasteiger partial charge in [-0.3, -0.25) is 5.10 Å². The van der Waals surface area contributed by atoms with Crippen LogP contribution in [0.1, 0.15) is 5.56 Å². The molecule has 0 bridgehead atoms. The van der Waals surface area contributed by atoms with E-state index in [1.54, 1.807) is 7.05 Å². The van der Waals surface area contributed by atoms with Crippen LogP contribution in [0.5, 0.6) is 0 Å². The number of hydrogen-bond donors (Lipinski definition) is 3. The van der Waals surface area contributed by atoms with E-state index in [-0.39, 0.29) is 11.6 Å². The molecule has 0 aliphatic rings. The Labute approximate surface area is 119 Å². The second kappa shape index (κ2) is 8.32. The number of aromatic nitrogens is 2. The molecule has 0 atom stereocenters. The lowest BCUT2D eigenvalue weighted by atomic mass is 10.4. The molecule has 0 saturated carbocycles. The van der Waals surface area contributed by atoms with Crippen molar-refractivity contribution in [3.8, 4) is 0 Å². The van der Waals surface area contributed by atoms with Crippen molar-refractivity contribution in [2.24, 2.45) is 0 Å². The van der Waals surface area contributed by atoms with Gasteiger partial charge in [0.1, 0.15) is 0 Å². The predicted octanol–water partition coefficient (Wildman–Crippen LogP) is -1.01. The first kappa shape index (κ1) is 17.1. The molecule has 0 aromatic carbocycles. The van der Waals surface area contributed by atoms with Gasteiger partial charge in [-0.15, -0.1) is 0 Å². The molecule has 0 aliphatic carbocycles. The lowest BCUT2D eigenvalue weighted by Gasteiger charge is -2.10. The highest BCUT2D eigenvalue weighted by atomic mass is 32.2. The van der Waals surface area contributed by atoms with Crippen molar-refractivity contribution in [2.75, 3.05) is 47.4 Å². The number of rotatable bonds is 10. The van der Waals surface area contributed by atoms with Gasteiger partial charge in [0.05, 0.1) is 19.4 Å². The second-order valence-electron chi connectivity index (χ2n) is 4.57. The highest BCUT2D eigenvalue weighted by molar-refractivity contribution is 7.89. The van der Waals surface area contributed by atoms with Crippen LogP contribution in [-0.2, 0) is 21.3 Å². The molecule has 116 valence electrons. The SMILES string of the molecule is CNCc1cn[nH]c1S(=O)(=O)NCCOCCN(C)C. The zero-order valence-electron chi connectivity index (χ0n) is 12.1. The quantitative estimate of drug-likeness (QED) is 0.479. The summed E-state index contributed by atoms with van der Waals surface area (Å²) in [5.74, 6) is 0. The normalized spacial score (nSPS) is 12.2. The van der Waals surface area contributed by atoms with Crippen LogP contribution in [0.25, 0.3) is 0 Å². The van der Waals surface area contributed by atoms with E-state index in [0.717, 1.165) is 6.54 Å². The minimum atomic E-state index is -3.57. The van der Waals surface area contributed by atoms with Crippen LogP contribution in [0.15, 0.2) is 11.2 Å². The molecule has 20 heavy (non-hydrogen) atoms. The van der Waals surface area contributed by atoms with Crippen LogP contribution >= 0.6 is 0 Å². The number of aromatic amines is 1. The van der Waals surface area contributed by atoms with Crippen LogP contribution in [0.4, 0.5) is 0 Å². The van der Waals surface area contributed by atoms with E-state index in [4.69, 9.17) is 4.74 Å². The lowest BCUT2D eigenvalue weighted by molar-refractivity contribution is 0.122. The van der Waals surface area contributed by atoms with Crippen molar-refractivity contribution in [1.29, 1.82) is 0 Å². The van der Waals surface area contributed by atoms with Gasteiger partial charge in [0, 0.05) is 25.2 Å². The number of H-pyrrole nitrogens is 1. The molecule has 1 aromatic heterocycles. The molecule has 0 saturated heterocycles. The molecule has 0 fully saturated rings. The van der Waals surface area contributed by atoms with E-state index in [1.807, 2.05) is 19.0 Å². The number of nitrogens with one attached hydrogen (secondary N) is 3. The minimum absolute atomic E-state index is 0.0974. The predicted molar refractivity (Wildman–Crippen MR) is 75.9 cm³/mol. The van der Waals surface area contributed by atoms with Crippen LogP contribution in [0, 0.1) is 0 Å². The van der Waals surface area contributed by atoms with Gasteiger partial charge < -0.3 is 15.0 Å². The smallest absolute Gasteiger partial charge is 0.257 e. The van der Waals surface area contributed by atoms with Crippen LogP contribution < -0.4 is 10.0 Å². The fourth-order valence-corrected chi connectivity index (χ4v) is 2.66. The molecular formula is C11H23N5O3S. The number of ether oxygens (including phenoxy) is 1. The van der Waals surface area contributed by atoms with Gasteiger partial charge in [-0.25, -0.2) is 13.1 Å². The number of hydrogen-bond acceptors (Lipinski definition) is 6. The summed E-state index contributed by atoms with van der Waals surface area (Å²) in [6.07, 6.45) is 1.50. The molecule has 3 N–H and O–H groups in total. The third-order valence-corrected chi connectivity index (χ3v) is 4.01. The molecule has 9 heteroatoms. The zero-order valence-corrected chi connectivity index (χ0v) is 13.0. The maximum absolute atomic E-state index is 12.1. The highest BCUT2D eigenvalue weighted by Gasteiger charge is 2.19. The van der Waals surface area contributed by atoms with Gasteiger partial charge in [0.15, 0.2) is 5.03 Å². The Balaban J connectivity index is 2.40. The first-order chi connectivity index (χ1) is 9.47. The molecule has 0 spiro atoms. The molecular weight excluding hydrogens is 282 g/mol. The Bertz CT molecular complexity index is 486. The van der Waals surface area contributed by atoms with Crippen LogP contribution in [-0.4, -0.2) is 71.0 Å². The summed E-state index contributed by atoms with van der Waals surface area (Å²) < 4.78 is 31.9. The van der Waals surface area contributed by atoms with Crippen molar-refractivity contribution >= 4 is 10.0 Å². The maximum atomic E-state index is 12.1. The maximum Gasteiger partial charge on any atom is 0.257 e. The summed E-state index contributed by atoms with van der Waals surface area (Å²) in [6.45, 7) is 2.38. The number of likely N-dealkylation sites (N-methyl/N-ethyl adjacent to an activating group) is 1. The zero-order chi connectivity index (χ0) is 15.0. The summed E-state index contributed by atoms with van der Waals surface area (Å²) in [7, 11) is 2.08. The molecule has 1 heterocycles. The average Bonchev–Trinajstić information content (AvgIpc) is 2.83. The summed E-state index contributed by atoms with van der Waals surface area (Å²) in [5, 5.41) is 9.27. The Morgan fingerprint density at radius 3 is 2.80 bits per heavy atom. The van der Waals surface area contributed by atoms with Crippen molar-refractivity contribution in [3.05, 3.63) is 11.8 Å². The molecule has 8 nitrogen and oxygen atoms in total. The van der Waals surface area contributed by atoms with Gasteiger partial charge in [-0.05, 0) is 21.1 Å². The van der Waals surface area contributed by atoms with E-state index in [1.165, 1.54) is 6.20 Å². The molecule has 0 radical (unpaired) electrons. The Hall–Kier alpha value is -1.00. The monoisotopic (exact) mass is 305 g/mol. The molecule has 0 unspecified atom stereocenters. The third-order valence-electron chi connectivity index (χ3n) is 2.54. The summed E-state index contributed by atoms with van der Waals surface area (Å²) in [6, 6.07) is 0. The Morgan fingerprint density at radius 2 is 2.15 bits per heavy atom. The molecule has 1 aromatic rings. The molecule has 0 aliphatic heterocycles.